The van der Waals surface area contributed by atoms with Gasteiger partial charge >= 0.3 is 0 Å². The fourth-order valence-electron chi connectivity index (χ4n) is 3.41. The van der Waals surface area contributed by atoms with E-state index >= 15 is 0 Å². The first-order chi connectivity index (χ1) is 15.6. The third-order valence-electron chi connectivity index (χ3n) is 5.17. The Labute approximate surface area is 198 Å². The van der Waals surface area contributed by atoms with Gasteiger partial charge in [-0.05, 0) is 24.3 Å². The van der Waals surface area contributed by atoms with Gasteiger partial charge in [-0.1, -0.05) is 74.8 Å². The number of hydrogen-bond acceptors (Lipinski definition) is 5. The molecule has 0 atom stereocenters. The molecule has 3 rings (SSSR count). The summed E-state index contributed by atoms with van der Waals surface area (Å²) in [6, 6.07) is 13.9. The minimum absolute atomic E-state index is 0.0653. The summed E-state index contributed by atoms with van der Waals surface area (Å²) in [6.07, 6.45) is 4.54. The van der Waals surface area contributed by atoms with Crippen LogP contribution in [0.25, 0.3) is 10.8 Å². The van der Waals surface area contributed by atoms with E-state index in [2.05, 4.69) is 24.1 Å². The van der Waals surface area contributed by atoms with Crippen molar-refractivity contribution >= 4 is 51.4 Å². The van der Waals surface area contributed by atoms with Gasteiger partial charge < -0.3 is 10.2 Å². The molecule has 170 valence electrons. The molecule has 5 nitrogen and oxygen atoms in total. The molecular weight excluding hydrogens is 438 g/mol. The first-order valence-corrected chi connectivity index (χ1v) is 13.1. The van der Waals surface area contributed by atoms with E-state index in [9.17, 15) is 9.59 Å². The number of hydrogen-bond donors (Lipinski definition) is 1. The van der Waals surface area contributed by atoms with Crippen molar-refractivity contribution in [1.29, 1.82) is 0 Å². The molecule has 0 bridgehead atoms. The summed E-state index contributed by atoms with van der Waals surface area (Å²) in [5.41, 5.74) is 1.60. The summed E-state index contributed by atoms with van der Waals surface area (Å²) in [4.78, 5) is 31.8. The summed E-state index contributed by atoms with van der Waals surface area (Å²) >= 11 is 2.90. The highest BCUT2D eigenvalue weighted by Gasteiger charge is 2.16. The molecule has 0 aliphatic heterocycles. The molecule has 3 aromatic rings. The van der Waals surface area contributed by atoms with E-state index in [1.54, 1.807) is 0 Å². The number of unbranched alkanes of at least 4 members (excludes halogenated alkanes) is 2. The number of anilines is 1. The van der Waals surface area contributed by atoms with Crippen molar-refractivity contribution < 1.29 is 9.59 Å². The van der Waals surface area contributed by atoms with Gasteiger partial charge in [-0.15, -0.1) is 11.3 Å². The summed E-state index contributed by atoms with van der Waals surface area (Å²) in [7, 11) is 0. The number of carbonyl (C=O) groups excluding carboxylic acids is 2. The Kier molecular flexibility index (Phi) is 9.56. The van der Waals surface area contributed by atoms with Crippen molar-refractivity contribution in [1.82, 2.24) is 9.88 Å². The van der Waals surface area contributed by atoms with Gasteiger partial charge in [0.05, 0.1) is 17.9 Å². The van der Waals surface area contributed by atoms with E-state index in [1.807, 2.05) is 52.7 Å². The SMILES string of the molecule is CCCCN(CCCC)C(=O)Cc1csc(SCC(=O)Nc2cccc3ccccc23)n1. The quantitative estimate of drug-likeness (QED) is 0.331. The second kappa shape index (κ2) is 12.6. The lowest BCUT2D eigenvalue weighted by Gasteiger charge is -2.22. The third-order valence-corrected chi connectivity index (χ3v) is 7.24. The zero-order chi connectivity index (χ0) is 22.8. The van der Waals surface area contributed by atoms with Gasteiger partial charge in [-0.2, -0.15) is 0 Å². The van der Waals surface area contributed by atoms with Gasteiger partial charge in [0.2, 0.25) is 11.8 Å². The van der Waals surface area contributed by atoms with Crippen LogP contribution < -0.4 is 5.32 Å². The summed E-state index contributed by atoms with van der Waals surface area (Å²) < 4.78 is 0.814. The van der Waals surface area contributed by atoms with Gasteiger partial charge in [-0.3, -0.25) is 9.59 Å². The van der Waals surface area contributed by atoms with E-state index in [1.165, 1.54) is 23.1 Å². The number of benzene rings is 2. The number of nitrogens with zero attached hydrogens (tertiary/aromatic N) is 2. The maximum absolute atomic E-state index is 12.7. The molecule has 0 saturated heterocycles. The molecule has 0 radical (unpaired) electrons. The Morgan fingerprint density at radius 3 is 2.50 bits per heavy atom. The molecule has 2 aromatic carbocycles. The first kappa shape index (κ1) is 24.3. The number of aromatic nitrogens is 1. The fraction of sp³-hybridized carbons (Fsp3) is 0.400. The van der Waals surface area contributed by atoms with E-state index in [-0.39, 0.29) is 17.6 Å². The van der Waals surface area contributed by atoms with Crippen LogP contribution in [0.4, 0.5) is 5.69 Å². The van der Waals surface area contributed by atoms with Gasteiger partial charge in [-0.25, -0.2) is 4.98 Å². The van der Waals surface area contributed by atoms with Gasteiger partial charge in [0.1, 0.15) is 0 Å². The Bertz CT molecular complexity index is 1020. The Morgan fingerprint density at radius 2 is 1.75 bits per heavy atom. The predicted molar refractivity (Wildman–Crippen MR) is 136 cm³/mol. The molecule has 7 heteroatoms. The van der Waals surface area contributed by atoms with Gasteiger partial charge in [0, 0.05) is 29.5 Å². The Balaban J connectivity index is 1.52. The lowest BCUT2D eigenvalue weighted by molar-refractivity contribution is -0.130. The van der Waals surface area contributed by atoms with Crippen LogP contribution in [0.1, 0.15) is 45.2 Å². The molecule has 0 spiro atoms. The third kappa shape index (κ3) is 7.07. The van der Waals surface area contributed by atoms with Crippen LogP contribution in [0.15, 0.2) is 52.2 Å². The van der Waals surface area contributed by atoms with Crippen LogP contribution >= 0.6 is 23.1 Å². The standard InChI is InChI=1S/C25H31N3O2S2/c1-3-5-14-28(15-6-4-2)24(30)16-20-17-31-25(26-20)32-18-23(29)27-22-13-9-11-19-10-7-8-12-21(19)22/h7-13,17H,3-6,14-16,18H2,1-2H3,(H,27,29). The van der Waals surface area contributed by atoms with E-state index in [0.29, 0.717) is 6.42 Å². The second-order valence-electron chi connectivity index (χ2n) is 7.73. The number of rotatable bonds is 12. The van der Waals surface area contributed by atoms with Gasteiger partial charge in [0.15, 0.2) is 4.34 Å². The van der Waals surface area contributed by atoms with Crippen LogP contribution in [0, 0.1) is 0 Å². The van der Waals surface area contributed by atoms with Crippen molar-refractivity contribution in [2.24, 2.45) is 0 Å². The van der Waals surface area contributed by atoms with Crippen molar-refractivity contribution in [2.75, 3.05) is 24.2 Å². The predicted octanol–water partition coefficient (Wildman–Crippen LogP) is 6.00. The number of thioether (sulfide) groups is 1. The fourth-order valence-corrected chi connectivity index (χ4v) is 5.05. The van der Waals surface area contributed by atoms with E-state index in [0.717, 1.165) is 65.3 Å². The highest BCUT2D eigenvalue weighted by atomic mass is 32.2. The summed E-state index contributed by atoms with van der Waals surface area (Å²) in [6.45, 7) is 5.91. The minimum Gasteiger partial charge on any atom is -0.342 e. The number of thiazole rings is 1. The van der Waals surface area contributed by atoms with Crippen molar-refractivity contribution in [2.45, 2.75) is 50.3 Å². The maximum atomic E-state index is 12.7. The minimum atomic E-state index is -0.0653. The number of amides is 2. The normalized spacial score (nSPS) is 10.9. The van der Waals surface area contributed by atoms with Crippen molar-refractivity contribution in [3.63, 3.8) is 0 Å². The van der Waals surface area contributed by atoms with Crippen LogP contribution in [0.5, 0.6) is 0 Å². The topological polar surface area (TPSA) is 62.3 Å². The van der Waals surface area contributed by atoms with E-state index in [4.69, 9.17) is 0 Å². The van der Waals surface area contributed by atoms with E-state index < -0.39 is 0 Å². The van der Waals surface area contributed by atoms with Gasteiger partial charge in [0.25, 0.3) is 0 Å². The molecule has 1 heterocycles. The van der Waals surface area contributed by atoms with Crippen LogP contribution in [0.3, 0.4) is 0 Å². The molecule has 1 aromatic heterocycles. The second-order valence-corrected chi connectivity index (χ2v) is 9.81. The molecule has 0 unspecified atom stereocenters. The monoisotopic (exact) mass is 469 g/mol. The van der Waals surface area contributed by atoms with Crippen LogP contribution in [0.2, 0.25) is 0 Å². The molecule has 1 N–H and O–H groups in total. The molecule has 32 heavy (non-hydrogen) atoms. The van der Waals surface area contributed by atoms with Crippen molar-refractivity contribution in [3.05, 3.63) is 53.5 Å². The number of fused-ring (bicyclic) bond motifs is 1. The summed E-state index contributed by atoms with van der Waals surface area (Å²) in [5, 5.41) is 7.06. The Hall–Kier alpha value is -2.38. The average molecular weight is 470 g/mol. The lowest BCUT2D eigenvalue weighted by Crippen LogP contribution is -2.34. The average Bonchev–Trinajstić information content (AvgIpc) is 3.25. The first-order valence-electron chi connectivity index (χ1n) is 11.2. The number of nitrogens with one attached hydrogen (secondary N) is 1. The highest BCUT2D eigenvalue weighted by Crippen LogP contribution is 2.25. The summed E-state index contributed by atoms with van der Waals surface area (Å²) in [5.74, 6) is 0.357. The lowest BCUT2D eigenvalue weighted by atomic mass is 10.1. The molecule has 2 amide bonds. The highest BCUT2D eigenvalue weighted by molar-refractivity contribution is 8.01. The van der Waals surface area contributed by atoms with Crippen LogP contribution in [-0.4, -0.2) is 40.5 Å². The number of carbonyl (C=O) groups is 2. The zero-order valence-electron chi connectivity index (χ0n) is 18.8. The zero-order valence-corrected chi connectivity index (χ0v) is 20.4. The largest absolute Gasteiger partial charge is 0.342 e. The molecule has 0 saturated carbocycles. The molecule has 0 aliphatic carbocycles. The smallest absolute Gasteiger partial charge is 0.234 e. The molecule has 0 fully saturated rings. The molecule has 0 aliphatic rings. The Morgan fingerprint density at radius 1 is 1.03 bits per heavy atom. The molecular formula is C25H31N3O2S2. The van der Waals surface area contributed by atoms with Crippen LogP contribution in [-0.2, 0) is 16.0 Å². The van der Waals surface area contributed by atoms with Crippen molar-refractivity contribution in [3.8, 4) is 0 Å². The maximum Gasteiger partial charge on any atom is 0.234 e.